The standard InChI is InChI=1S/C11H22O/c1-7-11(6,9(2)12)8-10(3,4)5/h7-8H2,1-6H3. The Kier molecular flexibility index (Phi) is 3.49. The molecule has 1 heteroatoms. The van der Waals surface area contributed by atoms with Crippen LogP contribution in [0.2, 0.25) is 0 Å². The molecule has 0 rings (SSSR count). The lowest BCUT2D eigenvalue weighted by Gasteiger charge is -2.32. The summed E-state index contributed by atoms with van der Waals surface area (Å²) in [5.41, 5.74) is 0.134. The van der Waals surface area contributed by atoms with Crippen molar-refractivity contribution in [3.63, 3.8) is 0 Å². The third-order valence-electron chi connectivity index (χ3n) is 2.55. The molecule has 1 atom stereocenters. The van der Waals surface area contributed by atoms with Crippen LogP contribution in [0.4, 0.5) is 0 Å². The molecule has 0 saturated heterocycles. The molecule has 0 aliphatic carbocycles. The van der Waals surface area contributed by atoms with E-state index in [1.54, 1.807) is 6.92 Å². The molecule has 0 fully saturated rings. The Morgan fingerprint density at radius 3 is 1.67 bits per heavy atom. The summed E-state index contributed by atoms with van der Waals surface area (Å²) in [5.74, 6) is 0.319. The third kappa shape index (κ3) is 3.38. The fourth-order valence-corrected chi connectivity index (χ4v) is 1.67. The molecule has 0 bridgehead atoms. The van der Waals surface area contributed by atoms with Gasteiger partial charge in [-0.1, -0.05) is 34.6 Å². The zero-order valence-corrected chi connectivity index (χ0v) is 9.32. The number of hydrogen-bond acceptors (Lipinski definition) is 1. The summed E-state index contributed by atoms with van der Waals surface area (Å²) < 4.78 is 0. The minimum atomic E-state index is -0.113. The summed E-state index contributed by atoms with van der Waals surface area (Å²) in [7, 11) is 0. The number of carbonyl (C=O) groups is 1. The van der Waals surface area contributed by atoms with Crippen molar-refractivity contribution >= 4 is 5.78 Å². The van der Waals surface area contributed by atoms with Gasteiger partial charge in [0.05, 0.1) is 0 Å². The van der Waals surface area contributed by atoms with Crippen LogP contribution in [-0.2, 0) is 4.79 Å². The monoisotopic (exact) mass is 170 g/mol. The predicted octanol–water partition coefficient (Wildman–Crippen LogP) is 3.43. The van der Waals surface area contributed by atoms with Gasteiger partial charge in [0.25, 0.3) is 0 Å². The Bertz CT molecular complexity index is 164. The Morgan fingerprint density at radius 1 is 1.17 bits per heavy atom. The fourth-order valence-electron chi connectivity index (χ4n) is 1.67. The maximum Gasteiger partial charge on any atom is 0.135 e. The van der Waals surface area contributed by atoms with E-state index in [-0.39, 0.29) is 10.8 Å². The highest BCUT2D eigenvalue weighted by Crippen LogP contribution is 2.36. The quantitative estimate of drug-likeness (QED) is 0.634. The van der Waals surface area contributed by atoms with Gasteiger partial charge >= 0.3 is 0 Å². The van der Waals surface area contributed by atoms with Crippen LogP contribution >= 0.6 is 0 Å². The molecule has 0 aliphatic rings. The molecule has 0 amide bonds. The van der Waals surface area contributed by atoms with Crippen LogP contribution in [0, 0.1) is 10.8 Å². The first-order valence-electron chi connectivity index (χ1n) is 4.72. The normalized spacial score (nSPS) is 17.2. The van der Waals surface area contributed by atoms with E-state index >= 15 is 0 Å². The molecule has 0 spiro atoms. The topological polar surface area (TPSA) is 17.1 Å². The van der Waals surface area contributed by atoms with Gasteiger partial charge in [-0.3, -0.25) is 4.79 Å². The lowest BCUT2D eigenvalue weighted by atomic mass is 9.71. The predicted molar refractivity (Wildman–Crippen MR) is 53.2 cm³/mol. The van der Waals surface area contributed by atoms with E-state index in [0.717, 1.165) is 12.8 Å². The van der Waals surface area contributed by atoms with Crippen LogP contribution in [0.15, 0.2) is 0 Å². The van der Waals surface area contributed by atoms with Gasteiger partial charge < -0.3 is 0 Å². The summed E-state index contributed by atoms with van der Waals surface area (Å²) in [6.07, 6.45) is 1.92. The van der Waals surface area contributed by atoms with Gasteiger partial charge in [-0.25, -0.2) is 0 Å². The fraction of sp³-hybridized carbons (Fsp3) is 0.909. The van der Waals surface area contributed by atoms with Gasteiger partial charge in [-0.05, 0) is 25.2 Å². The maximum absolute atomic E-state index is 11.4. The highest BCUT2D eigenvalue weighted by molar-refractivity contribution is 5.81. The molecule has 0 aliphatic heterocycles. The van der Waals surface area contributed by atoms with Crippen LogP contribution in [0.3, 0.4) is 0 Å². The van der Waals surface area contributed by atoms with Gasteiger partial charge in [-0.2, -0.15) is 0 Å². The summed E-state index contributed by atoms with van der Waals surface area (Å²) in [5, 5.41) is 0. The average molecular weight is 170 g/mol. The molecule has 0 aromatic rings. The summed E-state index contributed by atoms with van der Waals surface area (Å²) >= 11 is 0. The third-order valence-corrected chi connectivity index (χ3v) is 2.55. The average Bonchev–Trinajstić information content (AvgIpc) is 1.83. The molecule has 72 valence electrons. The minimum Gasteiger partial charge on any atom is -0.299 e. The van der Waals surface area contributed by atoms with Gasteiger partial charge in [-0.15, -0.1) is 0 Å². The maximum atomic E-state index is 11.4. The van der Waals surface area contributed by atoms with Crippen LogP contribution in [0.5, 0.6) is 0 Å². The van der Waals surface area contributed by atoms with Crippen molar-refractivity contribution < 1.29 is 4.79 Å². The van der Waals surface area contributed by atoms with Crippen molar-refractivity contribution in [1.29, 1.82) is 0 Å². The zero-order chi connectivity index (χ0) is 9.99. The van der Waals surface area contributed by atoms with Crippen molar-refractivity contribution in [2.45, 2.75) is 54.4 Å². The molecule has 0 aromatic heterocycles. The summed E-state index contributed by atoms with van der Waals surface area (Å²) in [4.78, 5) is 11.4. The second kappa shape index (κ2) is 3.59. The Hall–Kier alpha value is -0.330. The second-order valence-corrected chi connectivity index (χ2v) is 5.21. The van der Waals surface area contributed by atoms with E-state index < -0.39 is 0 Å². The molecule has 1 nitrogen and oxygen atoms in total. The number of hydrogen-bond donors (Lipinski definition) is 0. The van der Waals surface area contributed by atoms with Crippen molar-refractivity contribution in [3.8, 4) is 0 Å². The zero-order valence-electron chi connectivity index (χ0n) is 9.32. The van der Waals surface area contributed by atoms with Gasteiger partial charge in [0.2, 0.25) is 0 Å². The summed E-state index contributed by atoms with van der Waals surface area (Å²) in [6.45, 7) is 12.4. The van der Waals surface area contributed by atoms with Crippen LogP contribution in [0.1, 0.15) is 54.4 Å². The smallest absolute Gasteiger partial charge is 0.135 e. The largest absolute Gasteiger partial charge is 0.299 e. The van der Waals surface area contributed by atoms with E-state index in [2.05, 4.69) is 34.6 Å². The van der Waals surface area contributed by atoms with Crippen molar-refractivity contribution in [1.82, 2.24) is 0 Å². The van der Waals surface area contributed by atoms with Crippen LogP contribution in [0.25, 0.3) is 0 Å². The van der Waals surface area contributed by atoms with Gasteiger partial charge in [0.15, 0.2) is 0 Å². The minimum absolute atomic E-state index is 0.113. The Morgan fingerprint density at radius 2 is 1.58 bits per heavy atom. The first-order chi connectivity index (χ1) is 5.21. The lowest BCUT2D eigenvalue weighted by molar-refractivity contribution is -0.127. The Labute approximate surface area is 76.6 Å². The van der Waals surface area contributed by atoms with E-state index in [9.17, 15) is 4.79 Å². The van der Waals surface area contributed by atoms with Crippen molar-refractivity contribution in [2.24, 2.45) is 10.8 Å². The molecular weight excluding hydrogens is 148 g/mol. The number of carbonyl (C=O) groups excluding carboxylic acids is 1. The SMILES string of the molecule is CCC(C)(CC(C)(C)C)C(C)=O. The first-order valence-corrected chi connectivity index (χ1v) is 4.72. The van der Waals surface area contributed by atoms with E-state index in [4.69, 9.17) is 0 Å². The molecule has 0 saturated carbocycles. The Balaban J connectivity index is 4.46. The van der Waals surface area contributed by atoms with E-state index in [1.807, 2.05) is 0 Å². The molecule has 0 N–H and O–H groups in total. The molecule has 0 heterocycles. The van der Waals surface area contributed by atoms with Gasteiger partial charge in [0, 0.05) is 5.41 Å². The van der Waals surface area contributed by atoms with Crippen molar-refractivity contribution in [2.75, 3.05) is 0 Å². The van der Waals surface area contributed by atoms with Crippen LogP contribution < -0.4 is 0 Å². The molecule has 12 heavy (non-hydrogen) atoms. The highest BCUT2D eigenvalue weighted by atomic mass is 16.1. The second-order valence-electron chi connectivity index (χ2n) is 5.21. The van der Waals surface area contributed by atoms with Crippen LogP contribution in [-0.4, -0.2) is 5.78 Å². The summed E-state index contributed by atoms with van der Waals surface area (Å²) in [6, 6.07) is 0. The number of rotatable bonds is 3. The number of ketones is 1. The number of Topliss-reactive ketones (excluding diaryl/α,β-unsaturated/α-hetero) is 1. The molecular formula is C11H22O. The van der Waals surface area contributed by atoms with E-state index in [1.165, 1.54) is 0 Å². The van der Waals surface area contributed by atoms with Gasteiger partial charge in [0.1, 0.15) is 5.78 Å². The van der Waals surface area contributed by atoms with Crippen molar-refractivity contribution in [3.05, 3.63) is 0 Å². The molecule has 0 radical (unpaired) electrons. The lowest BCUT2D eigenvalue weighted by Crippen LogP contribution is -2.29. The molecule has 1 unspecified atom stereocenters. The molecule has 0 aromatic carbocycles. The first kappa shape index (κ1) is 11.7. The van der Waals surface area contributed by atoms with E-state index in [0.29, 0.717) is 5.78 Å². The highest BCUT2D eigenvalue weighted by Gasteiger charge is 2.32.